The van der Waals surface area contributed by atoms with Crippen molar-refractivity contribution >= 4 is 17.5 Å². The van der Waals surface area contributed by atoms with Crippen LogP contribution in [0.5, 0.6) is 0 Å². The van der Waals surface area contributed by atoms with Crippen molar-refractivity contribution in [1.29, 1.82) is 0 Å². The molecule has 0 aromatic carbocycles. The van der Waals surface area contributed by atoms with Crippen LogP contribution in [0.25, 0.3) is 0 Å². The Labute approximate surface area is 106 Å². The molecule has 1 aromatic heterocycles. The number of Topliss-reactive ketones (excluding diaryl/α,β-unsaturated/α-hetero) is 1. The average Bonchev–Trinajstić information content (AvgIpc) is 2.55. The van der Waals surface area contributed by atoms with E-state index in [1.54, 1.807) is 11.8 Å². The van der Waals surface area contributed by atoms with Crippen LogP contribution in [0.3, 0.4) is 0 Å². The monoisotopic (exact) mass is 250 g/mol. The van der Waals surface area contributed by atoms with Crippen molar-refractivity contribution in [2.24, 2.45) is 5.41 Å². The second-order valence-electron chi connectivity index (χ2n) is 5.24. The molecule has 1 aliphatic carbocycles. The van der Waals surface area contributed by atoms with Crippen LogP contribution >= 0.6 is 11.8 Å². The Morgan fingerprint density at radius 3 is 2.82 bits per heavy atom. The summed E-state index contributed by atoms with van der Waals surface area (Å²) in [4.78, 5) is 12.2. The predicted octanol–water partition coefficient (Wildman–Crippen LogP) is 2.95. The van der Waals surface area contributed by atoms with Crippen molar-refractivity contribution in [1.82, 2.24) is 9.78 Å². The average molecular weight is 250 g/mol. The first-order valence-corrected chi connectivity index (χ1v) is 6.99. The molecule has 0 amide bonds. The lowest BCUT2D eigenvalue weighted by molar-refractivity contribution is 0.0907. The molecule has 3 nitrogen and oxygen atoms in total. The van der Waals surface area contributed by atoms with E-state index < -0.39 is 0 Å². The Bertz CT molecular complexity index is 474. The smallest absolute Gasteiger partial charge is 0.168 e. The lowest BCUT2D eigenvalue weighted by Crippen LogP contribution is -2.28. The largest absolute Gasteiger partial charge is 0.294 e. The lowest BCUT2D eigenvalue weighted by atomic mass is 9.76. The van der Waals surface area contributed by atoms with Crippen LogP contribution in [0.15, 0.2) is 17.7 Å². The van der Waals surface area contributed by atoms with E-state index in [1.807, 2.05) is 17.0 Å². The summed E-state index contributed by atoms with van der Waals surface area (Å²) in [5.74, 6) is 0.232. The van der Waals surface area contributed by atoms with Crippen molar-refractivity contribution in [3.05, 3.63) is 23.9 Å². The maximum Gasteiger partial charge on any atom is 0.168 e. The number of nitrogens with zero attached hydrogens (tertiary/aromatic N) is 2. The molecule has 4 heteroatoms. The molecule has 0 radical (unpaired) electrons. The summed E-state index contributed by atoms with van der Waals surface area (Å²) < 4.78 is 1.92. The molecule has 17 heavy (non-hydrogen) atoms. The fourth-order valence-electron chi connectivity index (χ4n) is 2.39. The lowest BCUT2D eigenvalue weighted by Gasteiger charge is -2.29. The molecule has 1 aromatic rings. The molecular formula is C13H18N2OS. The van der Waals surface area contributed by atoms with Crippen LogP contribution < -0.4 is 0 Å². The molecule has 1 heterocycles. The van der Waals surface area contributed by atoms with E-state index in [-0.39, 0.29) is 11.2 Å². The van der Waals surface area contributed by atoms with Crippen molar-refractivity contribution in [3.63, 3.8) is 0 Å². The highest BCUT2D eigenvalue weighted by Crippen LogP contribution is 2.38. The highest BCUT2D eigenvalue weighted by Gasteiger charge is 2.35. The minimum Gasteiger partial charge on any atom is -0.294 e. The summed E-state index contributed by atoms with van der Waals surface area (Å²) in [6.45, 7) is 8.69. The molecule has 0 saturated carbocycles. The van der Waals surface area contributed by atoms with Crippen LogP contribution in [0.2, 0.25) is 0 Å². The van der Waals surface area contributed by atoms with Gasteiger partial charge in [0.05, 0.1) is 17.8 Å². The van der Waals surface area contributed by atoms with E-state index in [1.165, 1.54) is 0 Å². The van der Waals surface area contributed by atoms with Gasteiger partial charge in [0.2, 0.25) is 0 Å². The molecule has 0 fully saturated rings. The Hall–Kier alpha value is -1.03. The minimum absolute atomic E-state index is 0.0404. The van der Waals surface area contributed by atoms with Crippen molar-refractivity contribution in [2.75, 3.05) is 6.26 Å². The van der Waals surface area contributed by atoms with E-state index in [0.717, 1.165) is 22.7 Å². The maximum absolute atomic E-state index is 12.2. The number of carbonyl (C=O) groups is 1. The van der Waals surface area contributed by atoms with Crippen LogP contribution in [0.1, 0.15) is 36.3 Å². The second-order valence-corrected chi connectivity index (χ2v) is 6.04. The van der Waals surface area contributed by atoms with Crippen LogP contribution in [-0.2, 0) is 13.0 Å². The van der Waals surface area contributed by atoms with Crippen molar-refractivity contribution in [2.45, 2.75) is 38.3 Å². The van der Waals surface area contributed by atoms with Gasteiger partial charge in [0.25, 0.3) is 0 Å². The third-order valence-corrected chi connectivity index (χ3v) is 3.76. The molecule has 0 N–H and O–H groups in total. The van der Waals surface area contributed by atoms with Crippen LogP contribution in [0.4, 0.5) is 0 Å². The van der Waals surface area contributed by atoms with Gasteiger partial charge < -0.3 is 0 Å². The van der Waals surface area contributed by atoms with Crippen molar-refractivity contribution in [3.8, 4) is 0 Å². The summed E-state index contributed by atoms with van der Waals surface area (Å²) in [6.07, 6.45) is 5.32. The predicted molar refractivity (Wildman–Crippen MR) is 70.6 cm³/mol. The standard InChI is InChI=1S/C13H18N2OS/c1-5-6-15-9-7-13(2,3)8-10(16)11(9)12(14-15)17-4/h5H,1,6-8H2,2-4H3. The van der Waals surface area contributed by atoms with E-state index in [0.29, 0.717) is 13.0 Å². The SMILES string of the molecule is C=CCn1nc(SC)c2c1CC(C)(C)CC2=O. The zero-order chi connectivity index (χ0) is 12.6. The van der Waals surface area contributed by atoms with Gasteiger partial charge in [0.15, 0.2) is 5.78 Å². The first kappa shape index (κ1) is 12.4. The Morgan fingerprint density at radius 2 is 2.24 bits per heavy atom. The molecule has 0 atom stereocenters. The number of thioether (sulfide) groups is 1. The molecule has 0 bridgehead atoms. The number of hydrogen-bond donors (Lipinski definition) is 0. The van der Waals surface area contributed by atoms with Crippen molar-refractivity contribution < 1.29 is 4.79 Å². The third-order valence-electron chi connectivity index (χ3n) is 3.08. The fraction of sp³-hybridized carbons (Fsp3) is 0.538. The van der Waals surface area contributed by atoms with Gasteiger partial charge in [-0.3, -0.25) is 9.48 Å². The second kappa shape index (κ2) is 4.33. The zero-order valence-corrected chi connectivity index (χ0v) is 11.4. The fourth-order valence-corrected chi connectivity index (χ4v) is 3.00. The first-order valence-electron chi connectivity index (χ1n) is 5.76. The van der Waals surface area contributed by atoms with Crippen LogP contribution in [0, 0.1) is 5.41 Å². The number of hydrogen-bond acceptors (Lipinski definition) is 3. The quantitative estimate of drug-likeness (QED) is 0.611. The molecule has 0 unspecified atom stereocenters. The summed E-state index contributed by atoms with van der Waals surface area (Å²) in [6, 6.07) is 0. The molecular weight excluding hydrogens is 232 g/mol. The number of carbonyl (C=O) groups excluding carboxylic acids is 1. The maximum atomic E-state index is 12.2. The van der Waals surface area contributed by atoms with Gasteiger partial charge in [0.1, 0.15) is 5.03 Å². The number of rotatable bonds is 3. The number of allylic oxidation sites excluding steroid dienone is 1. The van der Waals surface area contributed by atoms with E-state index in [4.69, 9.17) is 0 Å². The van der Waals surface area contributed by atoms with E-state index in [2.05, 4.69) is 25.5 Å². The Balaban J connectivity index is 2.55. The van der Waals surface area contributed by atoms with Gasteiger partial charge in [-0.1, -0.05) is 19.9 Å². The Kier molecular flexibility index (Phi) is 3.17. The minimum atomic E-state index is 0.0404. The molecule has 1 aliphatic rings. The van der Waals surface area contributed by atoms with Gasteiger partial charge in [-0.25, -0.2) is 0 Å². The van der Waals surface area contributed by atoms with Gasteiger partial charge in [0, 0.05) is 6.42 Å². The zero-order valence-electron chi connectivity index (χ0n) is 10.6. The molecule has 0 saturated heterocycles. The normalized spacial score (nSPS) is 17.9. The Morgan fingerprint density at radius 1 is 1.53 bits per heavy atom. The van der Waals surface area contributed by atoms with E-state index >= 15 is 0 Å². The van der Waals surface area contributed by atoms with Gasteiger partial charge in [-0.15, -0.1) is 18.3 Å². The number of fused-ring (bicyclic) bond motifs is 1. The topological polar surface area (TPSA) is 34.9 Å². The van der Waals surface area contributed by atoms with Gasteiger partial charge in [-0.2, -0.15) is 5.10 Å². The molecule has 92 valence electrons. The molecule has 0 aliphatic heterocycles. The van der Waals surface area contributed by atoms with Gasteiger partial charge in [-0.05, 0) is 18.1 Å². The summed E-state index contributed by atoms with van der Waals surface area (Å²) in [5, 5.41) is 5.37. The molecule has 2 rings (SSSR count). The highest BCUT2D eigenvalue weighted by molar-refractivity contribution is 7.98. The molecule has 0 spiro atoms. The number of aromatic nitrogens is 2. The summed E-state index contributed by atoms with van der Waals surface area (Å²) >= 11 is 1.55. The van der Waals surface area contributed by atoms with Gasteiger partial charge >= 0.3 is 0 Å². The number of ketones is 1. The summed E-state index contributed by atoms with van der Waals surface area (Å²) in [7, 11) is 0. The first-order chi connectivity index (χ1) is 7.98. The summed E-state index contributed by atoms with van der Waals surface area (Å²) in [5.41, 5.74) is 1.97. The highest BCUT2D eigenvalue weighted by atomic mass is 32.2. The van der Waals surface area contributed by atoms with E-state index in [9.17, 15) is 4.79 Å². The third kappa shape index (κ3) is 2.18. The van der Waals surface area contributed by atoms with Crippen LogP contribution in [-0.4, -0.2) is 21.8 Å².